The average molecular weight is 220 g/mol. The second-order valence-electron chi connectivity index (χ2n) is 3.10. The zero-order valence-electron chi connectivity index (χ0n) is 8.35. The molecular formula is C10H8N2O4. The highest BCUT2D eigenvalue weighted by molar-refractivity contribution is 6.08. The molecule has 6 nitrogen and oxygen atoms in total. The Kier molecular flexibility index (Phi) is 2.32. The van der Waals surface area contributed by atoms with Gasteiger partial charge in [0, 0.05) is 5.39 Å². The Labute approximate surface area is 89.8 Å². The number of nitrogens with zero attached hydrogens (tertiary/aromatic N) is 1. The lowest BCUT2D eigenvalue weighted by atomic mass is 10.1. The first-order valence-corrected chi connectivity index (χ1v) is 4.44. The Bertz CT molecular complexity index is 573. The summed E-state index contributed by atoms with van der Waals surface area (Å²) in [5.74, 6) is -1.67. The van der Waals surface area contributed by atoms with Crippen LogP contribution in [0.5, 0.6) is 0 Å². The molecule has 0 bridgehead atoms. The summed E-state index contributed by atoms with van der Waals surface area (Å²) < 4.78 is 4.57. The number of benzene rings is 1. The Morgan fingerprint density at radius 1 is 1.44 bits per heavy atom. The molecule has 0 saturated carbocycles. The van der Waals surface area contributed by atoms with Gasteiger partial charge in [-0.15, -0.1) is 0 Å². The van der Waals surface area contributed by atoms with Gasteiger partial charge in [0.2, 0.25) is 0 Å². The number of para-hydroxylation sites is 1. The van der Waals surface area contributed by atoms with Crippen LogP contribution in [0.2, 0.25) is 0 Å². The van der Waals surface area contributed by atoms with Gasteiger partial charge in [-0.1, -0.05) is 12.1 Å². The van der Waals surface area contributed by atoms with Gasteiger partial charge in [-0.25, -0.2) is 9.59 Å². The van der Waals surface area contributed by atoms with E-state index in [1.165, 1.54) is 13.2 Å². The minimum atomic E-state index is -1.12. The Morgan fingerprint density at radius 3 is 2.81 bits per heavy atom. The van der Waals surface area contributed by atoms with Gasteiger partial charge in [0.05, 0.1) is 12.7 Å². The lowest BCUT2D eigenvalue weighted by Gasteiger charge is -1.99. The molecular weight excluding hydrogens is 212 g/mol. The van der Waals surface area contributed by atoms with Gasteiger partial charge in [0.1, 0.15) is 5.52 Å². The van der Waals surface area contributed by atoms with Crippen molar-refractivity contribution in [3.8, 4) is 0 Å². The van der Waals surface area contributed by atoms with Crippen LogP contribution < -0.4 is 0 Å². The normalized spacial score (nSPS) is 10.3. The molecule has 0 fully saturated rings. The Hall–Kier alpha value is -2.37. The molecule has 0 aliphatic rings. The third kappa shape index (κ3) is 1.40. The number of esters is 1. The van der Waals surface area contributed by atoms with Crippen molar-refractivity contribution in [3.05, 3.63) is 29.5 Å². The van der Waals surface area contributed by atoms with Gasteiger partial charge in [-0.05, 0) is 6.07 Å². The average Bonchev–Trinajstić information content (AvgIpc) is 2.71. The number of fused-ring (bicyclic) bond motifs is 1. The first-order chi connectivity index (χ1) is 7.65. The number of carbonyl (C=O) groups excluding carboxylic acids is 1. The molecule has 16 heavy (non-hydrogen) atoms. The van der Waals surface area contributed by atoms with Crippen molar-refractivity contribution in [3.63, 3.8) is 0 Å². The number of ether oxygens (including phenoxy) is 1. The second-order valence-corrected chi connectivity index (χ2v) is 3.10. The molecule has 0 aliphatic carbocycles. The Morgan fingerprint density at radius 2 is 2.19 bits per heavy atom. The van der Waals surface area contributed by atoms with E-state index >= 15 is 0 Å². The lowest BCUT2D eigenvalue weighted by molar-refractivity contribution is 0.0601. The van der Waals surface area contributed by atoms with Crippen molar-refractivity contribution in [1.29, 1.82) is 0 Å². The van der Waals surface area contributed by atoms with Crippen LogP contribution in [0, 0.1) is 0 Å². The van der Waals surface area contributed by atoms with Crippen LogP contribution in [-0.4, -0.2) is 34.4 Å². The van der Waals surface area contributed by atoms with E-state index in [1.807, 2.05) is 0 Å². The number of aromatic amines is 1. The van der Waals surface area contributed by atoms with Crippen molar-refractivity contribution in [2.45, 2.75) is 0 Å². The molecule has 1 aromatic heterocycles. The van der Waals surface area contributed by atoms with Crippen LogP contribution in [0.3, 0.4) is 0 Å². The molecule has 0 saturated heterocycles. The first kappa shape index (κ1) is 10.2. The summed E-state index contributed by atoms with van der Waals surface area (Å²) in [6.07, 6.45) is 0. The third-order valence-electron chi connectivity index (χ3n) is 2.20. The van der Waals surface area contributed by atoms with Crippen LogP contribution in [0.4, 0.5) is 0 Å². The van der Waals surface area contributed by atoms with Crippen LogP contribution >= 0.6 is 0 Å². The van der Waals surface area contributed by atoms with Gasteiger partial charge < -0.3 is 9.84 Å². The first-order valence-electron chi connectivity index (χ1n) is 4.44. The number of nitrogens with one attached hydrogen (secondary N) is 1. The maximum absolute atomic E-state index is 11.4. The molecule has 2 N–H and O–H groups in total. The molecule has 0 amide bonds. The molecule has 0 aliphatic heterocycles. The molecule has 0 atom stereocenters. The summed E-state index contributed by atoms with van der Waals surface area (Å²) in [6.45, 7) is 0. The summed E-state index contributed by atoms with van der Waals surface area (Å²) in [5.41, 5.74) is 0.497. The number of rotatable bonds is 2. The number of carbonyl (C=O) groups is 2. The molecule has 0 radical (unpaired) electrons. The predicted octanol–water partition coefficient (Wildman–Crippen LogP) is 1.05. The minimum Gasteiger partial charge on any atom is -0.477 e. The number of hydrogen-bond donors (Lipinski definition) is 2. The molecule has 6 heteroatoms. The molecule has 1 heterocycles. The maximum Gasteiger partial charge on any atom is 0.354 e. The van der Waals surface area contributed by atoms with E-state index in [-0.39, 0.29) is 11.3 Å². The van der Waals surface area contributed by atoms with Gasteiger partial charge >= 0.3 is 11.9 Å². The van der Waals surface area contributed by atoms with E-state index in [4.69, 9.17) is 5.11 Å². The van der Waals surface area contributed by atoms with E-state index in [2.05, 4.69) is 14.9 Å². The van der Waals surface area contributed by atoms with E-state index in [1.54, 1.807) is 12.1 Å². The fourth-order valence-corrected chi connectivity index (χ4v) is 1.48. The summed E-state index contributed by atoms with van der Waals surface area (Å²) in [4.78, 5) is 22.2. The predicted molar refractivity (Wildman–Crippen MR) is 54.4 cm³/mol. The number of carboxylic acid groups (broad SMARTS) is 1. The van der Waals surface area contributed by atoms with Crippen LogP contribution in [0.1, 0.15) is 20.8 Å². The molecule has 0 spiro atoms. The van der Waals surface area contributed by atoms with Crippen molar-refractivity contribution < 1.29 is 19.4 Å². The van der Waals surface area contributed by atoms with Gasteiger partial charge in [0.25, 0.3) is 0 Å². The van der Waals surface area contributed by atoms with Gasteiger partial charge in [-0.3, -0.25) is 5.10 Å². The zero-order valence-corrected chi connectivity index (χ0v) is 8.35. The fourth-order valence-electron chi connectivity index (χ4n) is 1.48. The molecule has 82 valence electrons. The number of H-pyrrole nitrogens is 1. The van der Waals surface area contributed by atoms with Gasteiger partial charge in [-0.2, -0.15) is 5.10 Å². The molecule has 1 aromatic carbocycles. The van der Waals surface area contributed by atoms with E-state index < -0.39 is 11.9 Å². The molecule has 2 rings (SSSR count). The smallest absolute Gasteiger partial charge is 0.354 e. The number of carboxylic acids is 1. The Balaban J connectivity index is 2.71. The zero-order chi connectivity index (χ0) is 11.7. The molecule has 0 unspecified atom stereocenters. The number of aromatic carboxylic acids is 1. The highest BCUT2D eigenvalue weighted by atomic mass is 16.5. The summed E-state index contributed by atoms with van der Waals surface area (Å²) in [7, 11) is 1.26. The quantitative estimate of drug-likeness (QED) is 0.738. The minimum absolute atomic E-state index is 0.0410. The van der Waals surface area contributed by atoms with Crippen LogP contribution in [0.25, 0.3) is 10.9 Å². The summed E-state index contributed by atoms with van der Waals surface area (Å²) in [5, 5.41) is 15.4. The lowest BCUT2D eigenvalue weighted by Crippen LogP contribution is -2.02. The largest absolute Gasteiger partial charge is 0.477 e. The summed E-state index contributed by atoms with van der Waals surface area (Å²) in [6, 6.07) is 4.69. The van der Waals surface area contributed by atoms with Crippen molar-refractivity contribution in [2.75, 3.05) is 7.11 Å². The molecule has 2 aromatic rings. The summed E-state index contributed by atoms with van der Waals surface area (Å²) >= 11 is 0. The van der Waals surface area contributed by atoms with Crippen molar-refractivity contribution in [1.82, 2.24) is 10.2 Å². The van der Waals surface area contributed by atoms with E-state index in [9.17, 15) is 9.59 Å². The highest BCUT2D eigenvalue weighted by Gasteiger charge is 2.17. The van der Waals surface area contributed by atoms with Gasteiger partial charge in [0.15, 0.2) is 5.69 Å². The SMILES string of the molecule is COC(=O)c1cccc2c(C(=O)O)[nH]nc12. The number of aromatic nitrogens is 2. The standard InChI is InChI=1S/C10H8N2O4/c1-16-10(15)6-4-2-3-5-7(6)11-12-8(5)9(13)14/h2-4H,1H3,(H,11,12)(H,13,14). The van der Waals surface area contributed by atoms with E-state index in [0.29, 0.717) is 10.9 Å². The topological polar surface area (TPSA) is 92.3 Å². The highest BCUT2D eigenvalue weighted by Crippen LogP contribution is 2.20. The van der Waals surface area contributed by atoms with Crippen LogP contribution in [0.15, 0.2) is 18.2 Å². The van der Waals surface area contributed by atoms with E-state index in [0.717, 1.165) is 0 Å². The monoisotopic (exact) mass is 220 g/mol. The maximum atomic E-state index is 11.4. The second kappa shape index (κ2) is 3.65. The fraction of sp³-hybridized carbons (Fsp3) is 0.100. The van der Waals surface area contributed by atoms with Crippen molar-refractivity contribution >= 4 is 22.8 Å². The number of methoxy groups -OCH3 is 1. The number of hydrogen-bond acceptors (Lipinski definition) is 4. The van der Waals surface area contributed by atoms with Crippen LogP contribution in [-0.2, 0) is 4.74 Å². The third-order valence-corrected chi connectivity index (χ3v) is 2.20. The van der Waals surface area contributed by atoms with Crippen molar-refractivity contribution in [2.24, 2.45) is 0 Å².